The van der Waals surface area contributed by atoms with Gasteiger partial charge in [0.1, 0.15) is 11.4 Å². The number of para-hydroxylation sites is 1. The molecule has 2 fully saturated rings. The first-order valence-corrected chi connectivity index (χ1v) is 8.66. The van der Waals surface area contributed by atoms with Crippen LogP contribution in [0.25, 0.3) is 0 Å². The lowest BCUT2D eigenvalue weighted by atomic mass is 9.85. The number of carbonyl (C=O) groups is 1. The number of fused-ring (bicyclic) bond motifs is 1. The molecule has 1 saturated carbocycles. The summed E-state index contributed by atoms with van der Waals surface area (Å²) in [4.78, 5) is 12.5. The van der Waals surface area contributed by atoms with Crippen LogP contribution in [0.1, 0.15) is 50.1 Å². The molecule has 4 nitrogen and oxygen atoms in total. The maximum absolute atomic E-state index is 13.4. The number of amides is 1. The van der Waals surface area contributed by atoms with Gasteiger partial charge in [-0.2, -0.15) is 0 Å². The van der Waals surface area contributed by atoms with Gasteiger partial charge in [0.15, 0.2) is 0 Å². The van der Waals surface area contributed by atoms with Gasteiger partial charge in [-0.15, -0.1) is 0 Å². The molecule has 1 spiro atoms. The molecular formula is C18H22F2N2O2. The van der Waals surface area contributed by atoms with Crippen molar-refractivity contribution in [1.29, 1.82) is 0 Å². The van der Waals surface area contributed by atoms with Gasteiger partial charge in [0, 0.05) is 18.4 Å². The smallest absolute Gasteiger partial charge is 0.262 e. The van der Waals surface area contributed by atoms with E-state index in [1.165, 1.54) is 0 Å². The van der Waals surface area contributed by atoms with E-state index in [-0.39, 0.29) is 17.6 Å². The van der Waals surface area contributed by atoms with E-state index in [4.69, 9.17) is 4.74 Å². The predicted molar refractivity (Wildman–Crippen MR) is 85.1 cm³/mol. The molecule has 1 amide bonds. The Morgan fingerprint density at radius 2 is 1.96 bits per heavy atom. The van der Waals surface area contributed by atoms with Crippen LogP contribution in [-0.4, -0.2) is 30.0 Å². The first-order chi connectivity index (χ1) is 11.5. The minimum Gasteiger partial charge on any atom is -0.487 e. The highest BCUT2D eigenvalue weighted by atomic mass is 19.3. The fraction of sp³-hybridized carbons (Fsp3) is 0.611. The van der Waals surface area contributed by atoms with Crippen LogP contribution >= 0.6 is 0 Å². The molecule has 1 saturated heterocycles. The van der Waals surface area contributed by atoms with Gasteiger partial charge in [-0.3, -0.25) is 10.1 Å². The molecule has 4 rings (SSSR count). The Balaban J connectivity index is 1.54. The SMILES string of the molecule is O=C(NC1CC2(CCCC2)Oc2ccccc21)C1CC(F)(F)CN1. The summed E-state index contributed by atoms with van der Waals surface area (Å²) in [7, 11) is 0. The van der Waals surface area contributed by atoms with Crippen molar-refractivity contribution in [1.82, 2.24) is 10.6 Å². The molecule has 2 atom stereocenters. The average Bonchev–Trinajstić information content (AvgIpc) is 3.14. The van der Waals surface area contributed by atoms with Gasteiger partial charge in [-0.05, 0) is 31.7 Å². The third kappa shape index (κ3) is 2.88. The van der Waals surface area contributed by atoms with Crippen LogP contribution in [-0.2, 0) is 4.79 Å². The molecule has 130 valence electrons. The molecule has 1 aromatic carbocycles. The fourth-order valence-electron chi connectivity index (χ4n) is 4.25. The fourth-order valence-corrected chi connectivity index (χ4v) is 4.25. The number of nitrogens with one attached hydrogen (secondary N) is 2. The molecule has 0 bridgehead atoms. The highest BCUT2D eigenvalue weighted by Gasteiger charge is 2.46. The molecule has 2 N–H and O–H groups in total. The largest absolute Gasteiger partial charge is 0.487 e. The van der Waals surface area contributed by atoms with Crippen molar-refractivity contribution < 1.29 is 18.3 Å². The Morgan fingerprint density at radius 1 is 1.21 bits per heavy atom. The minimum atomic E-state index is -2.80. The molecule has 1 aromatic rings. The third-order valence-corrected chi connectivity index (χ3v) is 5.45. The Labute approximate surface area is 139 Å². The standard InChI is InChI=1S/C18H22F2N2O2/c19-18(20)10-14(21-11-18)16(23)22-13-9-17(7-3-4-8-17)24-15-6-2-1-5-12(13)15/h1-2,5-6,13-14,21H,3-4,7-11H2,(H,22,23). The summed E-state index contributed by atoms with van der Waals surface area (Å²) in [5.74, 6) is -2.34. The number of rotatable bonds is 2. The van der Waals surface area contributed by atoms with Gasteiger partial charge in [0.25, 0.3) is 5.92 Å². The van der Waals surface area contributed by atoms with Crippen molar-refractivity contribution in [2.75, 3.05) is 6.54 Å². The van der Waals surface area contributed by atoms with Crippen LogP contribution in [0.15, 0.2) is 24.3 Å². The number of alkyl halides is 2. The lowest BCUT2D eigenvalue weighted by Crippen LogP contribution is -2.47. The van der Waals surface area contributed by atoms with E-state index in [0.29, 0.717) is 6.42 Å². The first-order valence-electron chi connectivity index (χ1n) is 8.66. The van der Waals surface area contributed by atoms with Crippen molar-refractivity contribution in [3.63, 3.8) is 0 Å². The number of hydrogen-bond donors (Lipinski definition) is 2. The molecule has 24 heavy (non-hydrogen) atoms. The number of benzene rings is 1. The number of hydrogen-bond acceptors (Lipinski definition) is 3. The van der Waals surface area contributed by atoms with Gasteiger partial charge in [-0.25, -0.2) is 8.78 Å². The summed E-state index contributed by atoms with van der Waals surface area (Å²) >= 11 is 0. The lowest BCUT2D eigenvalue weighted by Gasteiger charge is -2.40. The van der Waals surface area contributed by atoms with E-state index >= 15 is 0 Å². The Morgan fingerprint density at radius 3 is 2.67 bits per heavy atom. The quantitative estimate of drug-likeness (QED) is 0.873. The average molecular weight is 336 g/mol. The third-order valence-electron chi connectivity index (χ3n) is 5.45. The Hall–Kier alpha value is -1.69. The van der Waals surface area contributed by atoms with Gasteiger partial charge in [0.2, 0.25) is 5.91 Å². The van der Waals surface area contributed by atoms with E-state index in [1.807, 2.05) is 24.3 Å². The van der Waals surface area contributed by atoms with Crippen molar-refractivity contribution in [3.8, 4) is 5.75 Å². The Bertz CT molecular complexity index is 644. The monoisotopic (exact) mass is 336 g/mol. The van der Waals surface area contributed by atoms with E-state index in [1.54, 1.807) is 0 Å². The van der Waals surface area contributed by atoms with E-state index in [9.17, 15) is 13.6 Å². The van der Waals surface area contributed by atoms with Crippen LogP contribution in [0, 0.1) is 0 Å². The second kappa shape index (κ2) is 5.69. The van der Waals surface area contributed by atoms with Gasteiger partial charge in [-0.1, -0.05) is 18.2 Å². The summed E-state index contributed by atoms with van der Waals surface area (Å²) in [6, 6.07) is 6.70. The summed E-state index contributed by atoms with van der Waals surface area (Å²) in [5.41, 5.74) is 0.715. The number of halogens is 2. The van der Waals surface area contributed by atoms with E-state index in [0.717, 1.165) is 37.0 Å². The van der Waals surface area contributed by atoms with Crippen LogP contribution in [0.5, 0.6) is 5.75 Å². The molecule has 1 aliphatic carbocycles. The van der Waals surface area contributed by atoms with E-state index in [2.05, 4.69) is 10.6 Å². The summed E-state index contributed by atoms with van der Waals surface area (Å²) in [5, 5.41) is 5.62. The molecule has 2 unspecified atom stereocenters. The second-order valence-electron chi connectivity index (χ2n) is 7.29. The van der Waals surface area contributed by atoms with Crippen LogP contribution in [0.4, 0.5) is 8.78 Å². The summed E-state index contributed by atoms with van der Waals surface area (Å²) in [6.45, 7) is -0.431. The molecule has 6 heteroatoms. The molecule has 2 aliphatic heterocycles. The van der Waals surface area contributed by atoms with Crippen LogP contribution in [0.2, 0.25) is 0 Å². The number of ether oxygens (including phenoxy) is 1. The van der Waals surface area contributed by atoms with Crippen molar-refractivity contribution >= 4 is 5.91 Å². The molecular weight excluding hydrogens is 314 g/mol. The van der Waals surface area contributed by atoms with E-state index < -0.39 is 24.9 Å². The zero-order valence-corrected chi connectivity index (χ0v) is 13.5. The highest BCUT2D eigenvalue weighted by Crippen LogP contribution is 2.47. The molecule has 3 aliphatic rings. The number of carbonyl (C=O) groups excluding carboxylic acids is 1. The van der Waals surface area contributed by atoms with Gasteiger partial charge in [0.05, 0.1) is 18.6 Å². The van der Waals surface area contributed by atoms with Gasteiger partial charge < -0.3 is 10.1 Å². The summed E-state index contributed by atoms with van der Waals surface area (Å²) in [6.07, 6.45) is 4.48. The summed E-state index contributed by atoms with van der Waals surface area (Å²) < 4.78 is 33.0. The normalized spacial score (nSPS) is 29.9. The molecule has 0 aromatic heterocycles. The zero-order chi connectivity index (χ0) is 16.8. The second-order valence-corrected chi connectivity index (χ2v) is 7.29. The zero-order valence-electron chi connectivity index (χ0n) is 13.5. The topological polar surface area (TPSA) is 50.4 Å². The predicted octanol–water partition coefficient (Wildman–Crippen LogP) is 2.94. The maximum Gasteiger partial charge on any atom is 0.262 e. The highest BCUT2D eigenvalue weighted by molar-refractivity contribution is 5.82. The van der Waals surface area contributed by atoms with Crippen molar-refractivity contribution in [2.45, 2.75) is 62.1 Å². The Kier molecular flexibility index (Phi) is 3.75. The maximum atomic E-state index is 13.4. The first kappa shape index (κ1) is 15.8. The van der Waals surface area contributed by atoms with Crippen molar-refractivity contribution in [2.24, 2.45) is 0 Å². The van der Waals surface area contributed by atoms with Gasteiger partial charge >= 0.3 is 0 Å². The van der Waals surface area contributed by atoms with Crippen LogP contribution < -0.4 is 15.4 Å². The molecule has 2 heterocycles. The van der Waals surface area contributed by atoms with Crippen molar-refractivity contribution in [3.05, 3.63) is 29.8 Å². The minimum absolute atomic E-state index is 0.184. The lowest BCUT2D eigenvalue weighted by molar-refractivity contribution is -0.124. The molecule has 0 radical (unpaired) electrons. The van der Waals surface area contributed by atoms with Crippen LogP contribution in [0.3, 0.4) is 0 Å².